The van der Waals surface area contributed by atoms with E-state index in [0.717, 1.165) is 16.0 Å². The van der Waals surface area contributed by atoms with E-state index >= 15 is 0 Å². The fraction of sp³-hybridized carbons (Fsp3) is 0.400. The third-order valence-corrected chi connectivity index (χ3v) is 5.58. The molecule has 138 valence electrons. The van der Waals surface area contributed by atoms with Gasteiger partial charge in [-0.1, -0.05) is 12.1 Å². The lowest BCUT2D eigenvalue weighted by Gasteiger charge is -2.35. The summed E-state index contributed by atoms with van der Waals surface area (Å²) in [6.07, 6.45) is 0.441. The topological polar surface area (TPSA) is 49.9 Å². The number of piperazine rings is 1. The van der Waals surface area contributed by atoms with Crippen molar-refractivity contribution in [3.8, 4) is 5.75 Å². The molecule has 2 heterocycles. The molecular weight excluding hydrogens is 348 g/mol. The van der Waals surface area contributed by atoms with Gasteiger partial charge in [-0.25, -0.2) is 0 Å². The number of nitrogens with zero attached hydrogens (tertiary/aromatic N) is 2. The highest BCUT2D eigenvalue weighted by Gasteiger charge is 2.27. The van der Waals surface area contributed by atoms with Crippen LogP contribution in [0.25, 0.3) is 0 Å². The van der Waals surface area contributed by atoms with Crippen molar-refractivity contribution in [1.82, 2.24) is 9.80 Å². The quantitative estimate of drug-likeness (QED) is 0.829. The highest BCUT2D eigenvalue weighted by Crippen LogP contribution is 2.26. The number of thiophene rings is 1. The van der Waals surface area contributed by atoms with Crippen molar-refractivity contribution in [2.75, 3.05) is 33.3 Å². The molecule has 0 bridgehead atoms. The van der Waals surface area contributed by atoms with Gasteiger partial charge in [-0.2, -0.15) is 0 Å². The molecule has 0 radical (unpaired) electrons. The fourth-order valence-corrected chi connectivity index (χ4v) is 4.05. The first kappa shape index (κ1) is 18.5. The van der Waals surface area contributed by atoms with Crippen LogP contribution in [-0.4, -0.2) is 54.9 Å². The summed E-state index contributed by atoms with van der Waals surface area (Å²) >= 11 is 1.60. The molecule has 2 amide bonds. The minimum absolute atomic E-state index is 0.0234. The van der Waals surface area contributed by atoms with Gasteiger partial charge in [0.2, 0.25) is 5.91 Å². The predicted molar refractivity (Wildman–Crippen MR) is 103 cm³/mol. The van der Waals surface area contributed by atoms with Crippen molar-refractivity contribution in [1.29, 1.82) is 0 Å². The largest absolute Gasteiger partial charge is 0.496 e. The minimum Gasteiger partial charge on any atom is -0.496 e. The fourth-order valence-electron chi connectivity index (χ4n) is 3.35. The Morgan fingerprint density at radius 2 is 1.81 bits per heavy atom. The Morgan fingerprint density at radius 3 is 2.42 bits per heavy atom. The number of hydrogen-bond acceptors (Lipinski definition) is 4. The van der Waals surface area contributed by atoms with Gasteiger partial charge in [-0.3, -0.25) is 9.59 Å². The number of carbonyl (C=O) groups is 2. The van der Waals surface area contributed by atoms with Gasteiger partial charge in [-0.15, -0.1) is 11.3 Å². The first-order valence-corrected chi connectivity index (χ1v) is 9.62. The molecule has 0 aliphatic carbocycles. The van der Waals surface area contributed by atoms with Crippen molar-refractivity contribution >= 4 is 23.2 Å². The van der Waals surface area contributed by atoms with E-state index in [-0.39, 0.29) is 11.8 Å². The number of ether oxygens (including phenoxy) is 1. The molecule has 1 aromatic heterocycles. The standard InChI is InChI=1S/C20H24N2O3S/c1-14-11-15(2)19(17(12-14)25-3)20(24)22-8-6-21(7-9-22)18(23)13-16-5-4-10-26-16/h4-5,10-12H,6-9,13H2,1-3H3. The van der Waals surface area contributed by atoms with Crippen LogP contribution in [0.4, 0.5) is 0 Å². The van der Waals surface area contributed by atoms with Gasteiger partial charge in [0.15, 0.2) is 0 Å². The summed E-state index contributed by atoms with van der Waals surface area (Å²) in [5.74, 6) is 0.719. The summed E-state index contributed by atoms with van der Waals surface area (Å²) in [7, 11) is 1.59. The first-order chi connectivity index (χ1) is 12.5. The lowest BCUT2D eigenvalue weighted by molar-refractivity contribution is -0.131. The Kier molecular flexibility index (Phi) is 5.61. The molecule has 0 unspecified atom stereocenters. The van der Waals surface area contributed by atoms with Crippen molar-refractivity contribution in [2.24, 2.45) is 0 Å². The Hall–Kier alpha value is -2.34. The minimum atomic E-state index is -0.0234. The predicted octanol–water partition coefficient (Wildman–Crippen LogP) is 2.90. The summed E-state index contributed by atoms with van der Waals surface area (Å²) < 4.78 is 5.43. The van der Waals surface area contributed by atoms with Crippen LogP contribution in [0, 0.1) is 13.8 Å². The molecule has 1 aliphatic heterocycles. The molecule has 1 aromatic carbocycles. The van der Waals surface area contributed by atoms with Gasteiger partial charge in [-0.05, 0) is 42.5 Å². The van der Waals surface area contributed by atoms with E-state index in [1.807, 2.05) is 53.3 Å². The SMILES string of the molecule is COc1cc(C)cc(C)c1C(=O)N1CCN(C(=O)Cc2cccs2)CC1. The Balaban J connectivity index is 1.65. The van der Waals surface area contributed by atoms with Crippen molar-refractivity contribution in [3.63, 3.8) is 0 Å². The van der Waals surface area contributed by atoms with Crippen molar-refractivity contribution in [3.05, 3.63) is 51.2 Å². The zero-order chi connectivity index (χ0) is 18.7. The lowest BCUT2D eigenvalue weighted by atomic mass is 10.0. The van der Waals surface area contributed by atoms with Crippen molar-refractivity contribution in [2.45, 2.75) is 20.3 Å². The molecule has 0 spiro atoms. The van der Waals surface area contributed by atoms with Gasteiger partial charge in [0, 0.05) is 31.1 Å². The molecule has 1 saturated heterocycles. The zero-order valence-electron chi connectivity index (χ0n) is 15.4. The van der Waals surface area contributed by atoms with Crippen LogP contribution >= 0.6 is 11.3 Å². The third-order valence-electron chi connectivity index (χ3n) is 4.70. The second kappa shape index (κ2) is 7.91. The number of hydrogen-bond donors (Lipinski definition) is 0. The number of carbonyl (C=O) groups excluding carboxylic acids is 2. The number of rotatable bonds is 4. The second-order valence-corrected chi connectivity index (χ2v) is 7.62. The first-order valence-electron chi connectivity index (χ1n) is 8.74. The number of benzene rings is 1. The highest BCUT2D eigenvalue weighted by atomic mass is 32.1. The van der Waals surface area contributed by atoms with Crippen LogP contribution in [0.15, 0.2) is 29.6 Å². The lowest BCUT2D eigenvalue weighted by Crippen LogP contribution is -2.51. The van der Waals surface area contributed by atoms with E-state index in [1.165, 1.54) is 0 Å². The summed E-state index contributed by atoms with van der Waals surface area (Å²) in [6, 6.07) is 7.83. The molecule has 3 rings (SSSR count). The van der Waals surface area contributed by atoms with Gasteiger partial charge < -0.3 is 14.5 Å². The smallest absolute Gasteiger partial charge is 0.258 e. The summed E-state index contributed by atoms with van der Waals surface area (Å²) in [6.45, 7) is 6.16. The van der Waals surface area contributed by atoms with Crippen LogP contribution in [0.3, 0.4) is 0 Å². The molecule has 1 fully saturated rings. The maximum absolute atomic E-state index is 13.0. The summed E-state index contributed by atoms with van der Waals surface area (Å²) in [4.78, 5) is 30.1. The summed E-state index contributed by atoms with van der Waals surface area (Å²) in [5.41, 5.74) is 2.61. The van der Waals surface area contributed by atoms with E-state index in [9.17, 15) is 9.59 Å². The van der Waals surface area contributed by atoms with Crippen LogP contribution in [0.2, 0.25) is 0 Å². The number of aryl methyl sites for hydroxylation is 2. The Bertz CT molecular complexity index is 794. The van der Waals surface area contributed by atoms with Gasteiger partial charge >= 0.3 is 0 Å². The van der Waals surface area contributed by atoms with E-state index in [1.54, 1.807) is 18.4 Å². The van der Waals surface area contributed by atoms with E-state index in [2.05, 4.69) is 0 Å². The Morgan fingerprint density at radius 1 is 1.12 bits per heavy atom. The molecule has 0 saturated carbocycles. The molecule has 5 nitrogen and oxygen atoms in total. The van der Waals surface area contributed by atoms with Crippen LogP contribution < -0.4 is 4.74 Å². The van der Waals surface area contributed by atoms with Crippen molar-refractivity contribution < 1.29 is 14.3 Å². The van der Waals surface area contributed by atoms with Gasteiger partial charge in [0.05, 0.1) is 19.1 Å². The second-order valence-electron chi connectivity index (χ2n) is 6.59. The number of amides is 2. The average Bonchev–Trinajstić information content (AvgIpc) is 3.13. The molecule has 0 N–H and O–H groups in total. The molecule has 0 atom stereocenters. The van der Waals surface area contributed by atoms with E-state index in [4.69, 9.17) is 4.74 Å². The zero-order valence-corrected chi connectivity index (χ0v) is 16.3. The van der Waals surface area contributed by atoms with Crippen LogP contribution in [0.5, 0.6) is 5.75 Å². The molecule has 26 heavy (non-hydrogen) atoms. The molecular formula is C20H24N2O3S. The van der Waals surface area contributed by atoms with Gasteiger partial charge in [0.1, 0.15) is 5.75 Å². The third kappa shape index (κ3) is 3.90. The van der Waals surface area contributed by atoms with E-state index < -0.39 is 0 Å². The number of methoxy groups -OCH3 is 1. The van der Waals surface area contributed by atoms with Crippen LogP contribution in [0.1, 0.15) is 26.4 Å². The summed E-state index contributed by atoms with van der Waals surface area (Å²) in [5, 5.41) is 1.98. The van der Waals surface area contributed by atoms with Crippen LogP contribution in [-0.2, 0) is 11.2 Å². The Labute approximate surface area is 158 Å². The molecule has 2 aromatic rings. The maximum atomic E-state index is 13.0. The maximum Gasteiger partial charge on any atom is 0.258 e. The molecule has 6 heteroatoms. The monoisotopic (exact) mass is 372 g/mol. The molecule has 1 aliphatic rings. The average molecular weight is 372 g/mol. The van der Waals surface area contributed by atoms with Gasteiger partial charge in [0.25, 0.3) is 5.91 Å². The normalized spacial score (nSPS) is 14.4. The highest BCUT2D eigenvalue weighted by molar-refractivity contribution is 7.10. The van der Waals surface area contributed by atoms with E-state index in [0.29, 0.717) is 43.9 Å².